The van der Waals surface area contributed by atoms with Gasteiger partial charge >= 0.3 is 12.0 Å². The molecule has 1 saturated carbocycles. The molecular formula is C16H28N2O3. The Morgan fingerprint density at radius 2 is 1.95 bits per heavy atom. The summed E-state index contributed by atoms with van der Waals surface area (Å²) >= 11 is 0. The van der Waals surface area contributed by atoms with Gasteiger partial charge in [-0.3, -0.25) is 4.79 Å². The minimum atomic E-state index is -0.739. The Balaban J connectivity index is 1.82. The van der Waals surface area contributed by atoms with Crippen molar-refractivity contribution in [2.75, 3.05) is 13.1 Å². The molecule has 0 radical (unpaired) electrons. The number of nitrogens with one attached hydrogen (secondary N) is 1. The van der Waals surface area contributed by atoms with Crippen molar-refractivity contribution in [3.63, 3.8) is 0 Å². The maximum Gasteiger partial charge on any atom is 0.317 e. The quantitative estimate of drug-likeness (QED) is 0.841. The van der Waals surface area contributed by atoms with E-state index in [0.717, 1.165) is 6.54 Å². The van der Waals surface area contributed by atoms with Gasteiger partial charge in [0.25, 0.3) is 0 Å². The van der Waals surface area contributed by atoms with Crippen molar-refractivity contribution in [3.05, 3.63) is 0 Å². The molecule has 2 rings (SSSR count). The zero-order chi connectivity index (χ0) is 15.5. The summed E-state index contributed by atoms with van der Waals surface area (Å²) in [6.07, 6.45) is 7.31. The second-order valence-electron chi connectivity index (χ2n) is 7.13. The summed E-state index contributed by atoms with van der Waals surface area (Å²) in [4.78, 5) is 25.2. The van der Waals surface area contributed by atoms with Gasteiger partial charge in [0, 0.05) is 19.1 Å². The van der Waals surface area contributed by atoms with Crippen molar-refractivity contribution in [1.29, 1.82) is 0 Å². The van der Waals surface area contributed by atoms with Crippen LogP contribution in [0.3, 0.4) is 0 Å². The van der Waals surface area contributed by atoms with Crippen LogP contribution in [-0.2, 0) is 4.79 Å². The number of carboxylic acids is 1. The molecule has 1 heterocycles. The maximum absolute atomic E-state index is 12.3. The lowest BCUT2D eigenvalue weighted by atomic mass is 9.76. The molecule has 0 spiro atoms. The molecule has 0 bridgehead atoms. The van der Waals surface area contributed by atoms with Crippen molar-refractivity contribution in [1.82, 2.24) is 10.2 Å². The van der Waals surface area contributed by atoms with E-state index in [1.807, 2.05) is 6.92 Å². The van der Waals surface area contributed by atoms with Gasteiger partial charge in [-0.15, -0.1) is 0 Å². The largest absolute Gasteiger partial charge is 0.481 e. The third kappa shape index (κ3) is 4.11. The molecule has 120 valence electrons. The molecule has 2 aliphatic rings. The predicted molar refractivity (Wildman–Crippen MR) is 81.1 cm³/mol. The Kier molecular flexibility index (Phi) is 5.12. The van der Waals surface area contributed by atoms with Gasteiger partial charge in [-0.25, -0.2) is 4.79 Å². The first-order chi connectivity index (χ1) is 9.91. The van der Waals surface area contributed by atoms with Crippen LogP contribution in [0.15, 0.2) is 0 Å². The van der Waals surface area contributed by atoms with Crippen LogP contribution in [-0.4, -0.2) is 41.1 Å². The minimum absolute atomic E-state index is 0.000915. The zero-order valence-corrected chi connectivity index (χ0v) is 13.2. The lowest BCUT2D eigenvalue weighted by Crippen LogP contribution is -2.51. The van der Waals surface area contributed by atoms with E-state index in [1.54, 1.807) is 4.90 Å². The average Bonchev–Trinajstić information content (AvgIpc) is 2.45. The fourth-order valence-electron chi connectivity index (χ4n) is 3.67. The molecule has 2 N–H and O–H groups in total. The smallest absolute Gasteiger partial charge is 0.317 e. The number of rotatable bonds is 3. The highest BCUT2D eigenvalue weighted by molar-refractivity contribution is 5.75. The van der Waals surface area contributed by atoms with Gasteiger partial charge in [-0.2, -0.15) is 0 Å². The molecule has 5 nitrogen and oxygen atoms in total. The highest BCUT2D eigenvalue weighted by Gasteiger charge is 2.33. The summed E-state index contributed by atoms with van der Waals surface area (Å²) < 4.78 is 0. The van der Waals surface area contributed by atoms with Crippen molar-refractivity contribution in [2.24, 2.45) is 11.3 Å². The molecular weight excluding hydrogens is 268 g/mol. The van der Waals surface area contributed by atoms with E-state index in [0.29, 0.717) is 19.4 Å². The normalized spacial score (nSPS) is 29.0. The van der Waals surface area contributed by atoms with Crippen LogP contribution < -0.4 is 5.32 Å². The van der Waals surface area contributed by atoms with Crippen molar-refractivity contribution in [2.45, 2.75) is 64.8 Å². The SMILES string of the molecule is CC1CC(C(=O)O)CCN1C(=O)NCC1(C)CCCCC1. The van der Waals surface area contributed by atoms with E-state index < -0.39 is 5.97 Å². The molecule has 2 amide bonds. The first-order valence-electron chi connectivity index (χ1n) is 8.18. The van der Waals surface area contributed by atoms with E-state index in [2.05, 4.69) is 12.2 Å². The van der Waals surface area contributed by atoms with Crippen LogP contribution in [0.2, 0.25) is 0 Å². The van der Waals surface area contributed by atoms with Gasteiger partial charge in [0.1, 0.15) is 0 Å². The summed E-state index contributed by atoms with van der Waals surface area (Å²) in [7, 11) is 0. The molecule has 1 saturated heterocycles. The van der Waals surface area contributed by atoms with Crippen LogP contribution in [0.4, 0.5) is 4.79 Å². The lowest BCUT2D eigenvalue weighted by molar-refractivity contribution is -0.143. The second kappa shape index (κ2) is 6.67. The van der Waals surface area contributed by atoms with Crippen LogP contribution in [0, 0.1) is 11.3 Å². The number of carboxylic acid groups (broad SMARTS) is 1. The highest BCUT2D eigenvalue weighted by Crippen LogP contribution is 2.35. The number of carbonyl (C=O) groups is 2. The van der Waals surface area contributed by atoms with E-state index in [1.165, 1.54) is 32.1 Å². The molecule has 21 heavy (non-hydrogen) atoms. The summed E-state index contributed by atoms with van der Waals surface area (Å²) in [6.45, 7) is 5.47. The van der Waals surface area contributed by atoms with Crippen molar-refractivity contribution >= 4 is 12.0 Å². The molecule has 0 aromatic rings. The molecule has 1 aliphatic heterocycles. The summed E-state index contributed by atoms with van der Waals surface area (Å²) in [5.41, 5.74) is 0.233. The number of nitrogens with zero attached hydrogens (tertiary/aromatic N) is 1. The zero-order valence-electron chi connectivity index (χ0n) is 13.2. The fraction of sp³-hybridized carbons (Fsp3) is 0.875. The van der Waals surface area contributed by atoms with Crippen LogP contribution >= 0.6 is 0 Å². The van der Waals surface area contributed by atoms with Gasteiger partial charge in [-0.05, 0) is 38.0 Å². The van der Waals surface area contributed by atoms with Gasteiger partial charge in [0.05, 0.1) is 5.92 Å². The average molecular weight is 296 g/mol. The number of hydrogen-bond acceptors (Lipinski definition) is 2. The fourth-order valence-corrected chi connectivity index (χ4v) is 3.67. The van der Waals surface area contributed by atoms with Crippen LogP contribution in [0.1, 0.15) is 58.8 Å². The molecule has 2 fully saturated rings. The number of urea groups is 1. The summed E-state index contributed by atoms with van der Waals surface area (Å²) in [5.74, 6) is -1.04. The number of aliphatic carboxylic acids is 1. The second-order valence-corrected chi connectivity index (χ2v) is 7.13. The maximum atomic E-state index is 12.3. The first-order valence-corrected chi connectivity index (χ1v) is 8.18. The number of hydrogen-bond donors (Lipinski definition) is 2. The van der Waals surface area contributed by atoms with E-state index in [4.69, 9.17) is 5.11 Å². The van der Waals surface area contributed by atoms with Gasteiger partial charge in [0.2, 0.25) is 0 Å². The Labute approximate surface area is 127 Å². The Bertz CT molecular complexity index is 391. The van der Waals surface area contributed by atoms with Gasteiger partial charge in [-0.1, -0.05) is 26.2 Å². The third-order valence-corrected chi connectivity index (χ3v) is 5.21. The number of carbonyl (C=O) groups excluding carboxylic acids is 1. The standard InChI is InChI=1S/C16H28N2O3/c1-12-10-13(14(19)20)6-9-18(12)15(21)17-11-16(2)7-4-3-5-8-16/h12-13H,3-11H2,1-2H3,(H,17,21)(H,19,20). The molecule has 5 heteroatoms. The van der Waals surface area contributed by atoms with Crippen molar-refractivity contribution < 1.29 is 14.7 Å². The van der Waals surface area contributed by atoms with E-state index in [-0.39, 0.29) is 23.4 Å². The topological polar surface area (TPSA) is 69.6 Å². The molecule has 0 aromatic carbocycles. The van der Waals surface area contributed by atoms with Crippen LogP contribution in [0.5, 0.6) is 0 Å². The predicted octanol–water partition coefficient (Wildman–Crippen LogP) is 2.85. The van der Waals surface area contributed by atoms with Crippen molar-refractivity contribution in [3.8, 4) is 0 Å². The summed E-state index contributed by atoms with van der Waals surface area (Å²) in [5, 5.41) is 12.1. The first kappa shape index (κ1) is 16.1. The van der Waals surface area contributed by atoms with Crippen LogP contribution in [0.25, 0.3) is 0 Å². The number of likely N-dealkylation sites (tertiary alicyclic amines) is 1. The Hall–Kier alpha value is -1.26. The number of piperidine rings is 1. The summed E-state index contributed by atoms with van der Waals surface area (Å²) in [6, 6.07) is -0.0304. The van der Waals surface area contributed by atoms with E-state index >= 15 is 0 Å². The van der Waals surface area contributed by atoms with E-state index in [9.17, 15) is 9.59 Å². The Morgan fingerprint density at radius 3 is 2.52 bits per heavy atom. The minimum Gasteiger partial charge on any atom is -0.481 e. The number of amides is 2. The highest BCUT2D eigenvalue weighted by atomic mass is 16.4. The van der Waals surface area contributed by atoms with Gasteiger partial charge in [0.15, 0.2) is 0 Å². The molecule has 1 aliphatic carbocycles. The molecule has 0 aromatic heterocycles. The monoisotopic (exact) mass is 296 g/mol. The lowest BCUT2D eigenvalue weighted by Gasteiger charge is -2.38. The molecule has 2 atom stereocenters. The third-order valence-electron chi connectivity index (χ3n) is 5.21. The molecule has 2 unspecified atom stereocenters. The Morgan fingerprint density at radius 1 is 1.29 bits per heavy atom. The van der Waals surface area contributed by atoms with Gasteiger partial charge < -0.3 is 15.3 Å².